The van der Waals surface area contributed by atoms with Gasteiger partial charge in [-0.1, -0.05) is 12.1 Å². The minimum absolute atomic E-state index is 0.577. The molecule has 0 atom stereocenters. The first kappa shape index (κ1) is 12.2. The highest BCUT2D eigenvalue weighted by Crippen LogP contribution is 2.29. The van der Waals surface area contributed by atoms with Crippen molar-refractivity contribution in [2.24, 2.45) is 0 Å². The lowest BCUT2D eigenvalue weighted by Gasteiger charge is -2.23. The standard InChI is InChI=1S/C15H19N3O/c1-19-15-5-3-2-4-14(15)18-13(8-11-17-18)12-6-9-16-10-7-12/h2-5,8,11-12,16H,6-7,9-10H2,1H3. The molecule has 1 aromatic heterocycles. The Labute approximate surface area is 113 Å². The van der Waals surface area contributed by atoms with Gasteiger partial charge in [-0.05, 0) is 44.1 Å². The molecular formula is C15H19N3O. The lowest BCUT2D eigenvalue weighted by atomic mass is 9.94. The summed E-state index contributed by atoms with van der Waals surface area (Å²) in [6, 6.07) is 10.2. The first-order valence-corrected chi connectivity index (χ1v) is 6.78. The van der Waals surface area contributed by atoms with Crippen LogP contribution in [0.5, 0.6) is 5.75 Å². The van der Waals surface area contributed by atoms with Crippen molar-refractivity contribution in [1.82, 2.24) is 15.1 Å². The Hall–Kier alpha value is -1.81. The molecule has 19 heavy (non-hydrogen) atoms. The first-order valence-electron chi connectivity index (χ1n) is 6.78. The van der Waals surface area contributed by atoms with Crippen molar-refractivity contribution >= 4 is 0 Å². The largest absolute Gasteiger partial charge is 0.494 e. The quantitative estimate of drug-likeness (QED) is 0.917. The van der Waals surface area contributed by atoms with Gasteiger partial charge in [-0.15, -0.1) is 0 Å². The summed E-state index contributed by atoms with van der Waals surface area (Å²) in [5.74, 6) is 1.44. The Bertz CT molecular complexity index is 544. The molecule has 0 saturated carbocycles. The van der Waals surface area contributed by atoms with E-state index in [2.05, 4.69) is 22.5 Å². The van der Waals surface area contributed by atoms with Gasteiger partial charge in [0.15, 0.2) is 0 Å². The molecule has 1 N–H and O–H groups in total. The number of rotatable bonds is 3. The average Bonchev–Trinajstić information content (AvgIpc) is 2.97. The Balaban J connectivity index is 1.99. The molecule has 4 heteroatoms. The van der Waals surface area contributed by atoms with Crippen LogP contribution in [0.25, 0.3) is 5.69 Å². The molecule has 3 rings (SSSR count). The molecule has 0 spiro atoms. The van der Waals surface area contributed by atoms with Crippen LogP contribution in [-0.2, 0) is 0 Å². The fourth-order valence-corrected chi connectivity index (χ4v) is 2.75. The summed E-state index contributed by atoms with van der Waals surface area (Å²) in [4.78, 5) is 0. The average molecular weight is 257 g/mol. The Kier molecular flexibility index (Phi) is 3.51. The van der Waals surface area contributed by atoms with E-state index in [-0.39, 0.29) is 0 Å². The maximum Gasteiger partial charge on any atom is 0.144 e. The molecule has 0 aliphatic carbocycles. The molecule has 1 aliphatic rings. The van der Waals surface area contributed by atoms with E-state index >= 15 is 0 Å². The third kappa shape index (κ3) is 2.36. The van der Waals surface area contributed by atoms with E-state index in [4.69, 9.17) is 4.74 Å². The summed E-state index contributed by atoms with van der Waals surface area (Å²) in [7, 11) is 1.70. The van der Waals surface area contributed by atoms with Crippen molar-refractivity contribution < 1.29 is 4.74 Å². The van der Waals surface area contributed by atoms with Crippen LogP contribution in [0.15, 0.2) is 36.5 Å². The fraction of sp³-hybridized carbons (Fsp3) is 0.400. The number of nitrogens with zero attached hydrogens (tertiary/aromatic N) is 2. The number of aromatic nitrogens is 2. The number of methoxy groups -OCH3 is 1. The second-order valence-corrected chi connectivity index (χ2v) is 4.86. The van der Waals surface area contributed by atoms with Gasteiger partial charge in [-0.2, -0.15) is 5.10 Å². The molecule has 1 fully saturated rings. The number of nitrogens with one attached hydrogen (secondary N) is 1. The Morgan fingerprint density at radius 2 is 2.00 bits per heavy atom. The van der Waals surface area contributed by atoms with Crippen LogP contribution in [0.2, 0.25) is 0 Å². The zero-order valence-corrected chi connectivity index (χ0v) is 11.2. The SMILES string of the molecule is COc1ccccc1-n1nccc1C1CCNCC1. The maximum absolute atomic E-state index is 5.44. The van der Waals surface area contributed by atoms with E-state index in [0.717, 1.165) is 24.5 Å². The van der Waals surface area contributed by atoms with Gasteiger partial charge < -0.3 is 10.1 Å². The molecule has 0 bridgehead atoms. The lowest BCUT2D eigenvalue weighted by molar-refractivity contribution is 0.408. The van der Waals surface area contributed by atoms with E-state index in [1.165, 1.54) is 18.5 Å². The van der Waals surface area contributed by atoms with E-state index in [9.17, 15) is 0 Å². The van der Waals surface area contributed by atoms with Crippen LogP contribution in [0.4, 0.5) is 0 Å². The molecular weight excluding hydrogens is 238 g/mol. The van der Waals surface area contributed by atoms with Crippen LogP contribution in [0.1, 0.15) is 24.5 Å². The van der Waals surface area contributed by atoms with Crippen LogP contribution < -0.4 is 10.1 Å². The number of hydrogen-bond donors (Lipinski definition) is 1. The van der Waals surface area contributed by atoms with Gasteiger partial charge in [-0.3, -0.25) is 0 Å². The van der Waals surface area contributed by atoms with Crippen LogP contribution in [0.3, 0.4) is 0 Å². The normalized spacial score (nSPS) is 16.5. The summed E-state index contributed by atoms with van der Waals surface area (Å²) in [5, 5.41) is 7.89. The maximum atomic E-state index is 5.44. The topological polar surface area (TPSA) is 39.1 Å². The molecule has 100 valence electrons. The molecule has 0 unspecified atom stereocenters. The van der Waals surface area contributed by atoms with Crippen molar-refractivity contribution in [3.05, 3.63) is 42.2 Å². The van der Waals surface area contributed by atoms with Crippen LogP contribution in [0, 0.1) is 0 Å². The molecule has 0 amide bonds. The summed E-state index contributed by atoms with van der Waals surface area (Å²) < 4.78 is 7.46. The smallest absolute Gasteiger partial charge is 0.144 e. The number of para-hydroxylation sites is 2. The number of ether oxygens (including phenoxy) is 1. The zero-order valence-electron chi connectivity index (χ0n) is 11.2. The van der Waals surface area contributed by atoms with Crippen LogP contribution >= 0.6 is 0 Å². The molecule has 0 radical (unpaired) electrons. The van der Waals surface area contributed by atoms with Crippen molar-refractivity contribution in [1.29, 1.82) is 0 Å². The third-order valence-corrected chi connectivity index (χ3v) is 3.74. The van der Waals surface area contributed by atoms with Gasteiger partial charge in [0.1, 0.15) is 11.4 Å². The molecule has 1 saturated heterocycles. The second kappa shape index (κ2) is 5.45. The second-order valence-electron chi connectivity index (χ2n) is 4.86. The molecule has 2 aromatic rings. The van der Waals surface area contributed by atoms with Gasteiger partial charge in [0.05, 0.1) is 7.11 Å². The summed E-state index contributed by atoms with van der Waals surface area (Å²) in [5.41, 5.74) is 2.30. The van der Waals surface area contributed by atoms with Gasteiger partial charge in [-0.25, -0.2) is 4.68 Å². The predicted octanol–water partition coefficient (Wildman–Crippen LogP) is 2.35. The highest BCUT2D eigenvalue weighted by atomic mass is 16.5. The highest BCUT2D eigenvalue weighted by Gasteiger charge is 2.20. The first-order chi connectivity index (χ1) is 9.40. The van der Waals surface area contributed by atoms with E-state index in [1.807, 2.05) is 29.1 Å². The molecule has 2 heterocycles. The number of benzene rings is 1. The van der Waals surface area contributed by atoms with Gasteiger partial charge >= 0.3 is 0 Å². The summed E-state index contributed by atoms with van der Waals surface area (Å²) in [6.45, 7) is 2.17. The predicted molar refractivity (Wildman–Crippen MR) is 75.0 cm³/mol. The van der Waals surface area contributed by atoms with E-state index in [1.54, 1.807) is 7.11 Å². The summed E-state index contributed by atoms with van der Waals surface area (Å²) in [6.07, 6.45) is 4.21. The van der Waals surface area contributed by atoms with Crippen molar-refractivity contribution in [2.75, 3.05) is 20.2 Å². The molecule has 1 aromatic carbocycles. The number of hydrogen-bond acceptors (Lipinski definition) is 3. The van der Waals surface area contributed by atoms with Gasteiger partial charge in [0.25, 0.3) is 0 Å². The van der Waals surface area contributed by atoms with Gasteiger partial charge in [0.2, 0.25) is 0 Å². The van der Waals surface area contributed by atoms with E-state index in [0.29, 0.717) is 5.92 Å². The highest BCUT2D eigenvalue weighted by molar-refractivity contribution is 5.47. The van der Waals surface area contributed by atoms with Gasteiger partial charge in [0, 0.05) is 17.8 Å². The number of piperidine rings is 1. The van der Waals surface area contributed by atoms with Crippen LogP contribution in [-0.4, -0.2) is 30.0 Å². The Morgan fingerprint density at radius 3 is 2.79 bits per heavy atom. The Morgan fingerprint density at radius 1 is 1.21 bits per heavy atom. The zero-order chi connectivity index (χ0) is 13.1. The summed E-state index contributed by atoms with van der Waals surface area (Å²) >= 11 is 0. The molecule has 1 aliphatic heterocycles. The van der Waals surface area contributed by atoms with E-state index < -0.39 is 0 Å². The van der Waals surface area contributed by atoms with Crippen molar-refractivity contribution in [3.63, 3.8) is 0 Å². The lowest BCUT2D eigenvalue weighted by Crippen LogP contribution is -2.27. The minimum atomic E-state index is 0.577. The monoisotopic (exact) mass is 257 g/mol. The third-order valence-electron chi connectivity index (χ3n) is 3.74. The fourth-order valence-electron chi connectivity index (χ4n) is 2.75. The minimum Gasteiger partial charge on any atom is -0.494 e. The van der Waals surface area contributed by atoms with Crippen molar-refractivity contribution in [3.8, 4) is 11.4 Å². The molecule has 4 nitrogen and oxygen atoms in total. The van der Waals surface area contributed by atoms with Crippen molar-refractivity contribution in [2.45, 2.75) is 18.8 Å².